The molecule has 1 aromatic heterocycles. The Morgan fingerprint density at radius 3 is 2.59 bits per heavy atom. The first-order chi connectivity index (χ1) is 8.11. The fourth-order valence-electron chi connectivity index (χ4n) is 1.74. The lowest BCUT2D eigenvalue weighted by molar-refractivity contribution is 0.416. The third-order valence-electron chi connectivity index (χ3n) is 2.78. The molecule has 2 rings (SSSR count). The van der Waals surface area contributed by atoms with Crippen LogP contribution >= 0.6 is 0 Å². The molecule has 3 nitrogen and oxygen atoms in total. The number of ether oxygens (including phenoxy) is 1. The minimum atomic E-state index is 0.709. The van der Waals surface area contributed by atoms with Gasteiger partial charge in [-0.2, -0.15) is 0 Å². The fourth-order valence-corrected chi connectivity index (χ4v) is 1.74. The van der Waals surface area contributed by atoms with Gasteiger partial charge in [0.05, 0.1) is 24.7 Å². The smallest absolute Gasteiger partial charge is 0.128 e. The van der Waals surface area contributed by atoms with E-state index in [0.717, 1.165) is 22.6 Å². The minimum absolute atomic E-state index is 0.709. The number of hydrogen-bond acceptors (Lipinski definition) is 3. The van der Waals surface area contributed by atoms with E-state index in [1.54, 1.807) is 13.3 Å². The maximum atomic E-state index is 5.77. The molecule has 17 heavy (non-hydrogen) atoms. The second-order valence-electron chi connectivity index (χ2n) is 4.13. The van der Waals surface area contributed by atoms with Crippen LogP contribution in [0.25, 0.3) is 11.3 Å². The van der Waals surface area contributed by atoms with E-state index >= 15 is 0 Å². The van der Waals surface area contributed by atoms with E-state index < -0.39 is 0 Å². The predicted molar refractivity (Wildman–Crippen MR) is 70.1 cm³/mol. The molecular formula is C14H16N2O. The molecule has 0 saturated heterocycles. The second kappa shape index (κ2) is 4.45. The molecule has 0 atom stereocenters. The molecule has 88 valence electrons. The molecule has 0 aliphatic carbocycles. The molecule has 3 heteroatoms. The first-order valence-electron chi connectivity index (χ1n) is 5.49. The van der Waals surface area contributed by atoms with Gasteiger partial charge in [-0.3, -0.25) is 4.98 Å². The molecule has 0 bridgehead atoms. The highest BCUT2D eigenvalue weighted by molar-refractivity contribution is 5.70. The summed E-state index contributed by atoms with van der Waals surface area (Å²) in [7, 11) is 1.67. The monoisotopic (exact) mass is 228 g/mol. The highest BCUT2D eigenvalue weighted by Gasteiger charge is 2.08. The first-order valence-corrected chi connectivity index (χ1v) is 5.49. The molecule has 1 aromatic carbocycles. The number of benzene rings is 1. The summed E-state index contributed by atoms with van der Waals surface area (Å²) < 4.78 is 5.35. The van der Waals surface area contributed by atoms with E-state index in [1.165, 1.54) is 5.56 Å². The molecule has 0 aliphatic rings. The Hall–Kier alpha value is -2.03. The normalized spacial score (nSPS) is 10.3. The van der Waals surface area contributed by atoms with Crippen molar-refractivity contribution in [2.75, 3.05) is 12.8 Å². The summed E-state index contributed by atoms with van der Waals surface area (Å²) in [5.41, 5.74) is 10.6. The first kappa shape index (κ1) is 11.5. The minimum Gasteiger partial charge on any atom is -0.496 e. The predicted octanol–water partition coefficient (Wildman–Crippen LogP) is 2.96. The van der Waals surface area contributed by atoms with Crippen molar-refractivity contribution in [2.24, 2.45) is 0 Å². The van der Waals surface area contributed by atoms with Crippen molar-refractivity contribution in [3.05, 3.63) is 41.6 Å². The van der Waals surface area contributed by atoms with Gasteiger partial charge >= 0.3 is 0 Å². The number of nitrogens with two attached hydrogens (primary N) is 1. The molecule has 0 radical (unpaired) electrons. The van der Waals surface area contributed by atoms with Crippen LogP contribution in [0, 0.1) is 13.8 Å². The van der Waals surface area contributed by atoms with Gasteiger partial charge in [0.2, 0.25) is 0 Å². The summed E-state index contributed by atoms with van der Waals surface area (Å²) in [5, 5.41) is 0. The number of nitrogen functional groups attached to an aromatic ring is 1. The summed E-state index contributed by atoms with van der Waals surface area (Å²) in [6.45, 7) is 4.02. The number of methoxy groups -OCH3 is 1. The highest BCUT2D eigenvalue weighted by atomic mass is 16.5. The molecule has 2 N–H and O–H groups in total. The van der Waals surface area contributed by atoms with Gasteiger partial charge in [0.25, 0.3) is 0 Å². The van der Waals surface area contributed by atoms with Crippen LogP contribution in [-0.2, 0) is 0 Å². The highest BCUT2D eigenvalue weighted by Crippen LogP contribution is 2.30. The van der Waals surface area contributed by atoms with Gasteiger partial charge in [-0.15, -0.1) is 0 Å². The van der Waals surface area contributed by atoms with Gasteiger partial charge < -0.3 is 10.5 Å². The van der Waals surface area contributed by atoms with E-state index in [0.29, 0.717) is 5.69 Å². The van der Waals surface area contributed by atoms with Crippen molar-refractivity contribution in [3.8, 4) is 17.0 Å². The SMILES string of the molecule is COc1ccc(C)cc1-c1cc(C)c(N)cn1. The van der Waals surface area contributed by atoms with Crippen molar-refractivity contribution in [2.45, 2.75) is 13.8 Å². The maximum absolute atomic E-state index is 5.77. The summed E-state index contributed by atoms with van der Waals surface area (Å²) in [6, 6.07) is 8.02. The lowest BCUT2D eigenvalue weighted by atomic mass is 10.1. The van der Waals surface area contributed by atoms with Gasteiger partial charge in [-0.1, -0.05) is 11.6 Å². The maximum Gasteiger partial charge on any atom is 0.128 e. The zero-order valence-electron chi connectivity index (χ0n) is 10.3. The van der Waals surface area contributed by atoms with E-state index in [4.69, 9.17) is 10.5 Å². The van der Waals surface area contributed by atoms with Crippen LogP contribution in [0.15, 0.2) is 30.5 Å². The summed E-state index contributed by atoms with van der Waals surface area (Å²) in [5.74, 6) is 0.826. The zero-order valence-corrected chi connectivity index (χ0v) is 10.3. The molecular weight excluding hydrogens is 212 g/mol. The summed E-state index contributed by atoms with van der Waals surface area (Å²) in [6.07, 6.45) is 1.69. The van der Waals surface area contributed by atoms with Crippen LogP contribution in [0.1, 0.15) is 11.1 Å². The largest absolute Gasteiger partial charge is 0.496 e. The zero-order chi connectivity index (χ0) is 12.4. The van der Waals surface area contributed by atoms with Crippen molar-refractivity contribution in [1.82, 2.24) is 4.98 Å². The fraction of sp³-hybridized carbons (Fsp3) is 0.214. The number of rotatable bonds is 2. The van der Waals surface area contributed by atoms with E-state index in [1.807, 2.05) is 32.0 Å². The lowest BCUT2D eigenvalue weighted by Gasteiger charge is -2.10. The van der Waals surface area contributed by atoms with Crippen molar-refractivity contribution >= 4 is 5.69 Å². The van der Waals surface area contributed by atoms with Gasteiger partial charge in [-0.05, 0) is 37.6 Å². The van der Waals surface area contributed by atoms with E-state index in [2.05, 4.69) is 11.1 Å². The topological polar surface area (TPSA) is 48.1 Å². The summed E-state index contributed by atoms with van der Waals surface area (Å²) >= 11 is 0. The number of aryl methyl sites for hydroxylation is 2. The molecule has 0 amide bonds. The molecule has 0 spiro atoms. The van der Waals surface area contributed by atoms with Crippen LogP contribution in [0.2, 0.25) is 0 Å². The molecule has 0 fully saturated rings. The molecule has 2 aromatic rings. The van der Waals surface area contributed by atoms with Crippen LogP contribution in [0.3, 0.4) is 0 Å². The molecule has 0 aliphatic heterocycles. The Balaban J connectivity index is 2.58. The Morgan fingerprint density at radius 1 is 1.18 bits per heavy atom. The number of aromatic nitrogens is 1. The Bertz CT molecular complexity index is 550. The van der Waals surface area contributed by atoms with Crippen molar-refractivity contribution < 1.29 is 4.74 Å². The third kappa shape index (κ3) is 2.23. The molecule has 1 heterocycles. The Labute approximate surface area is 101 Å². The van der Waals surface area contributed by atoms with Gasteiger partial charge in [0.15, 0.2) is 0 Å². The number of nitrogens with zero attached hydrogens (tertiary/aromatic N) is 1. The van der Waals surface area contributed by atoms with Crippen LogP contribution in [0.4, 0.5) is 5.69 Å². The quantitative estimate of drug-likeness (QED) is 0.859. The Morgan fingerprint density at radius 2 is 1.94 bits per heavy atom. The Kier molecular flexibility index (Phi) is 3.00. The second-order valence-corrected chi connectivity index (χ2v) is 4.13. The molecule has 0 saturated carbocycles. The average Bonchev–Trinajstić information content (AvgIpc) is 2.32. The standard InChI is InChI=1S/C14H16N2O/c1-9-4-5-14(17-3)11(6-9)13-7-10(2)12(15)8-16-13/h4-8H,15H2,1-3H3. The number of hydrogen-bond donors (Lipinski definition) is 1. The van der Waals surface area contributed by atoms with Gasteiger partial charge in [0.1, 0.15) is 5.75 Å². The number of pyridine rings is 1. The molecule has 0 unspecified atom stereocenters. The van der Waals surface area contributed by atoms with E-state index in [9.17, 15) is 0 Å². The van der Waals surface area contributed by atoms with Crippen molar-refractivity contribution in [1.29, 1.82) is 0 Å². The number of anilines is 1. The van der Waals surface area contributed by atoms with Crippen LogP contribution in [-0.4, -0.2) is 12.1 Å². The van der Waals surface area contributed by atoms with Gasteiger partial charge in [0, 0.05) is 5.56 Å². The van der Waals surface area contributed by atoms with Gasteiger partial charge in [-0.25, -0.2) is 0 Å². The summed E-state index contributed by atoms with van der Waals surface area (Å²) in [4.78, 5) is 4.35. The van der Waals surface area contributed by atoms with E-state index in [-0.39, 0.29) is 0 Å². The lowest BCUT2D eigenvalue weighted by Crippen LogP contribution is -1.95. The third-order valence-corrected chi connectivity index (χ3v) is 2.78. The van der Waals surface area contributed by atoms with Crippen molar-refractivity contribution in [3.63, 3.8) is 0 Å². The van der Waals surface area contributed by atoms with Crippen LogP contribution in [0.5, 0.6) is 5.75 Å². The van der Waals surface area contributed by atoms with Crippen LogP contribution < -0.4 is 10.5 Å². The average molecular weight is 228 g/mol.